The third kappa shape index (κ3) is 1.99. The second kappa shape index (κ2) is 4.46. The fraction of sp³-hybridized carbons (Fsp3) is 0.357. The maximum Gasteiger partial charge on any atom is 0.253 e. The number of aromatic nitrogens is 1. The van der Waals surface area contributed by atoms with Crippen molar-refractivity contribution in [1.29, 1.82) is 0 Å². The van der Waals surface area contributed by atoms with Gasteiger partial charge in [0.1, 0.15) is 6.10 Å². The summed E-state index contributed by atoms with van der Waals surface area (Å²) in [5, 5.41) is 4.00. The number of anilines is 1. The van der Waals surface area contributed by atoms with Gasteiger partial charge in [0.2, 0.25) is 0 Å². The van der Waals surface area contributed by atoms with Crippen LogP contribution in [0, 0.1) is 6.92 Å². The number of nitrogens with one attached hydrogen (secondary N) is 2. The summed E-state index contributed by atoms with van der Waals surface area (Å²) in [6.07, 6.45) is 1.49. The third-order valence-electron chi connectivity index (χ3n) is 3.28. The Hall–Kier alpha value is -1.81. The van der Waals surface area contributed by atoms with Gasteiger partial charge in [-0.05, 0) is 38.0 Å². The Labute approximate surface area is 105 Å². The Kier molecular flexibility index (Phi) is 2.80. The number of benzene rings is 1. The van der Waals surface area contributed by atoms with Crippen LogP contribution in [-0.4, -0.2) is 23.6 Å². The van der Waals surface area contributed by atoms with Crippen LogP contribution < -0.4 is 5.32 Å². The predicted molar refractivity (Wildman–Crippen MR) is 70.6 cm³/mol. The van der Waals surface area contributed by atoms with Crippen LogP contribution in [0.1, 0.15) is 18.5 Å². The molecule has 1 amide bonds. The zero-order valence-corrected chi connectivity index (χ0v) is 10.3. The third-order valence-corrected chi connectivity index (χ3v) is 3.28. The molecule has 1 saturated heterocycles. The fourth-order valence-corrected chi connectivity index (χ4v) is 2.40. The summed E-state index contributed by atoms with van der Waals surface area (Å²) in [5.41, 5.74) is 2.97. The zero-order valence-electron chi connectivity index (χ0n) is 10.3. The summed E-state index contributed by atoms with van der Waals surface area (Å²) < 4.78 is 5.38. The van der Waals surface area contributed by atoms with E-state index in [0.29, 0.717) is 6.61 Å². The van der Waals surface area contributed by atoms with Gasteiger partial charge in [0.25, 0.3) is 5.91 Å². The molecule has 1 aliphatic rings. The number of carbonyl (C=O) groups is 1. The Bertz CT molecular complexity index is 582. The molecule has 3 rings (SSSR count). The first-order valence-corrected chi connectivity index (χ1v) is 6.25. The number of ether oxygens (including phenoxy) is 1. The highest BCUT2D eigenvalue weighted by Gasteiger charge is 2.23. The highest BCUT2D eigenvalue weighted by molar-refractivity contribution is 6.03. The van der Waals surface area contributed by atoms with Crippen LogP contribution in [0.25, 0.3) is 10.9 Å². The lowest BCUT2D eigenvalue weighted by Crippen LogP contribution is -2.26. The summed E-state index contributed by atoms with van der Waals surface area (Å²) >= 11 is 0. The van der Waals surface area contributed by atoms with Crippen molar-refractivity contribution in [3.8, 4) is 0 Å². The van der Waals surface area contributed by atoms with Crippen LogP contribution in [-0.2, 0) is 9.53 Å². The molecule has 0 bridgehead atoms. The van der Waals surface area contributed by atoms with Gasteiger partial charge in [0.05, 0.1) is 5.69 Å². The fourth-order valence-electron chi connectivity index (χ4n) is 2.40. The first kappa shape index (κ1) is 11.3. The first-order chi connectivity index (χ1) is 8.74. The van der Waals surface area contributed by atoms with Crippen molar-refractivity contribution in [2.75, 3.05) is 11.9 Å². The number of carbonyl (C=O) groups excluding carboxylic acids is 1. The van der Waals surface area contributed by atoms with Gasteiger partial charge in [-0.1, -0.05) is 6.07 Å². The normalized spacial score (nSPS) is 19.3. The van der Waals surface area contributed by atoms with Gasteiger partial charge in [-0.15, -0.1) is 0 Å². The second-order valence-electron chi connectivity index (χ2n) is 4.71. The van der Waals surface area contributed by atoms with E-state index in [1.54, 1.807) is 0 Å². The highest BCUT2D eigenvalue weighted by atomic mass is 16.5. The van der Waals surface area contributed by atoms with Crippen molar-refractivity contribution in [2.24, 2.45) is 0 Å². The van der Waals surface area contributed by atoms with E-state index < -0.39 is 0 Å². The number of amides is 1. The summed E-state index contributed by atoms with van der Waals surface area (Å²) in [7, 11) is 0. The van der Waals surface area contributed by atoms with E-state index in [9.17, 15) is 4.79 Å². The van der Waals surface area contributed by atoms with Gasteiger partial charge in [-0.3, -0.25) is 4.79 Å². The molecule has 4 heteroatoms. The molecular weight excluding hydrogens is 228 g/mol. The SMILES string of the molecule is Cc1cc2c(NC(=O)C3CCCO3)cccc2[nH]1. The Balaban J connectivity index is 1.87. The molecule has 94 valence electrons. The zero-order chi connectivity index (χ0) is 12.5. The molecule has 1 fully saturated rings. The van der Waals surface area contributed by atoms with Crippen LogP contribution >= 0.6 is 0 Å². The molecule has 4 nitrogen and oxygen atoms in total. The molecule has 1 aromatic heterocycles. The van der Waals surface area contributed by atoms with Gasteiger partial charge in [0, 0.05) is 23.2 Å². The van der Waals surface area contributed by atoms with Gasteiger partial charge < -0.3 is 15.0 Å². The predicted octanol–water partition coefficient (Wildman–Crippen LogP) is 2.59. The van der Waals surface area contributed by atoms with E-state index in [1.807, 2.05) is 31.2 Å². The molecule has 0 aliphatic carbocycles. The largest absolute Gasteiger partial charge is 0.368 e. The van der Waals surface area contributed by atoms with Gasteiger partial charge in [-0.25, -0.2) is 0 Å². The van der Waals surface area contributed by atoms with E-state index >= 15 is 0 Å². The number of aryl methyl sites for hydroxylation is 1. The van der Waals surface area contributed by atoms with Crippen LogP contribution in [0.2, 0.25) is 0 Å². The highest BCUT2D eigenvalue weighted by Crippen LogP contribution is 2.25. The molecule has 18 heavy (non-hydrogen) atoms. The van der Waals surface area contributed by atoms with Gasteiger partial charge >= 0.3 is 0 Å². The molecule has 0 radical (unpaired) electrons. The van der Waals surface area contributed by atoms with E-state index in [-0.39, 0.29) is 12.0 Å². The molecule has 0 spiro atoms. The average Bonchev–Trinajstić information content (AvgIpc) is 2.96. The molecule has 0 saturated carbocycles. The minimum atomic E-state index is -0.291. The summed E-state index contributed by atoms with van der Waals surface area (Å²) in [6, 6.07) is 7.90. The first-order valence-electron chi connectivity index (χ1n) is 6.25. The lowest BCUT2D eigenvalue weighted by molar-refractivity contribution is -0.124. The van der Waals surface area contributed by atoms with Crippen molar-refractivity contribution < 1.29 is 9.53 Å². The Morgan fingerprint density at radius 3 is 3.17 bits per heavy atom. The van der Waals surface area contributed by atoms with Crippen molar-refractivity contribution in [1.82, 2.24) is 4.98 Å². The minimum Gasteiger partial charge on any atom is -0.368 e. The molecule has 1 aromatic carbocycles. The molecule has 2 aromatic rings. The molecule has 1 aliphatic heterocycles. The minimum absolute atomic E-state index is 0.0427. The number of rotatable bonds is 2. The van der Waals surface area contributed by atoms with Crippen molar-refractivity contribution >= 4 is 22.5 Å². The number of hydrogen-bond acceptors (Lipinski definition) is 2. The van der Waals surface area contributed by atoms with E-state index in [4.69, 9.17) is 4.74 Å². The topological polar surface area (TPSA) is 54.1 Å². The lowest BCUT2D eigenvalue weighted by Gasteiger charge is -2.11. The lowest BCUT2D eigenvalue weighted by atomic mass is 10.2. The molecule has 1 unspecified atom stereocenters. The van der Waals surface area contributed by atoms with Gasteiger partial charge in [0.15, 0.2) is 0 Å². The van der Waals surface area contributed by atoms with Crippen LogP contribution in [0.15, 0.2) is 24.3 Å². The quantitative estimate of drug-likeness (QED) is 0.853. The Morgan fingerprint density at radius 1 is 1.50 bits per heavy atom. The monoisotopic (exact) mass is 244 g/mol. The van der Waals surface area contributed by atoms with Crippen LogP contribution in [0.5, 0.6) is 0 Å². The smallest absolute Gasteiger partial charge is 0.253 e. The van der Waals surface area contributed by atoms with E-state index in [0.717, 1.165) is 35.1 Å². The number of fused-ring (bicyclic) bond motifs is 1. The number of H-pyrrole nitrogens is 1. The van der Waals surface area contributed by atoms with Crippen molar-refractivity contribution in [3.63, 3.8) is 0 Å². The average molecular weight is 244 g/mol. The van der Waals surface area contributed by atoms with E-state index in [2.05, 4.69) is 10.3 Å². The number of aromatic amines is 1. The van der Waals surface area contributed by atoms with Crippen molar-refractivity contribution in [2.45, 2.75) is 25.9 Å². The Morgan fingerprint density at radius 2 is 2.39 bits per heavy atom. The number of hydrogen-bond donors (Lipinski definition) is 2. The standard InChI is InChI=1S/C14H16N2O2/c1-9-8-10-11(15-9)4-2-5-12(10)16-14(17)13-6-3-7-18-13/h2,4-5,8,13,15H,3,6-7H2,1H3,(H,16,17). The molecule has 1 atom stereocenters. The molecule has 2 N–H and O–H groups in total. The van der Waals surface area contributed by atoms with E-state index in [1.165, 1.54) is 0 Å². The maximum absolute atomic E-state index is 12.0. The van der Waals surface area contributed by atoms with Crippen LogP contribution in [0.3, 0.4) is 0 Å². The maximum atomic E-state index is 12.0. The van der Waals surface area contributed by atoms with Crippen molar-refractivity contribution in [3.05, 3.63) is 30.0 Å². The second-order valence-corrected chi connectivity index (χ2v) is 4.71. The summed E-state index contributed by atoms with van der Waals surface area (Å²) in [6.45, 7) is 2.69. The van der Waals surface area contributed by atoms with Gasteiger partial charge in [-0.2, -0.15) is 0 Å². The molecule has 2 heterocycles. The summed E-state index contributed by atoms with van der Waals surface area (Å²) in [5.74, 6) is -0.0427. The summed E-state index contributed by atoms with van der Waals surface area (Å²) in [4.78, 5) is 15.3. The van der Waals surface area contributed by atoms with Crippen LogP contribution in [0.4, 0.5) is 5.69 Å². The molecular formula is C14H16N2O2.